The number of hydrogen-bond donors (Lipinski definition) is 2. The lowest BCUT2D eigenvalue weighted by Gasteiger charge is -2.13. The Labute approximate surface area is 154 Å². The fourth-order valence-electron chi connectivity index (χ4n) is 2.43. The van der Waals surface area contributed by atoms with Crippen molar-refractivity contribution in [3.05, 3.63) is 64.7 Å². The zero-order valence-corrected chi connectivity index (χ0v) is 15.6. The summed E-state index contributed by atoms with van der Waals surface area (Å²) in [4.78, 5) is 16.1. The second-order valence-electron chi connectivity index (χ2n) is 5.79. The molecule has 0 unspecified atom stereocenters. The van der Waals surface area contributed by atoms with Crippen LogP contribution in [0.5, 0.6) is 5.75 Å². The molecule has 0 heterocycles. The first-order chi connectivity index (χ1) is 12.6. The molecule has 2 rings (SSSR count). The number of hydrogen-bond acceptors (Lipinski definition) is 4. The Hall–Kier alpha value is -3.02. The van der Waals surface area contributed by atoms with Crippen LogP contribution in [-0.2, 0) is 17.8 Å². The zero-order valence-electron chi connectivity index (χ0n) is 15.6. The lowest BCUT2D eigenvalue weighted by molar-refractivity contribution is 0.0597. The maximum Gasteiger partial charge on any atom is 0.341 e. The van der Waals surface area contributed by atoms with Gasteiger partial charge in [-0.3, -0.25) is 4.99 Å². The number of aryl methyl sites for hydroxylation is 1. The molecule has 0 radical (unpaired) electrons. The highest BCUT2D eigenvalue weighted by Crippen LogP contribution is 2.20. The van der Waals surface area contributed by atoms with Crippen molar-refractivity contribution >= 4 is 11.9 Å². The van der Waals surface area contributed by atoms with Gasteiger partial charge in [-0.15, -0.1) is 0 Å². The Kier molecular flexibility index (Phi) is 7.02. The molecule has 6 heteroatoms. The lowest BCUT2D eigenvalue weighted by Crippen LogP contribution is -2.36. The summed E-state index contributed by atoms with van der Waals surface area (Å²) in [7, 11) is 4.60. The molecule has 0 bridgehead atoms. The maximum absolute atomic E-state index is 11.9. The summed E-state index contributed by atoms with van der Waals surface area (Å²) in [5.41, 5.74) is 3.73. The number of carbonyl (C=O) groups excluding carboxylic acids is 1. The molecule has 0 aliphatic carbocycles. The van der Waals surface area contributed by atoms with Gasteiger partial charge in [-0.1, -0.05) is 35.9 Å². The normalized spacial score (nSPS) is 11.0. The number of benzene rings is 2. The van der Waals surface area contributed by atoms with Crippen molar-refractivity contribution < 1.29 is 14.3 Å². The van der Waals surface area contributed by atoms with Crippen LogP contribution >= 0.6 is 0 Å². The van der Waals surface area contributed by atoms with E-state index in [4.69, 9.17) is 9.47 Å². The number of rotatable bonds is 6. The van der Waals surface area contributed by atoms with E-state index in [1.54, 1.807) is 19.2 Å². The molecule has 0 aromatic heterocycles. The van der Waals surface area contributed by atoms with E-state index in [0.29, 0.717) is 30.4 Å². The summed E-state index contributed by atoms with van der Waals surface area (Å²) < 4.78 is 10.0. The molecule has 0 fully saturated rings. The number of carbonyl (C=O) groups is 1. The van der Waals surface area contributed by atoms with E-state index >= 15 is 0 Å². The van der Waals surface area contributed by atoms with Crippen molar-refractivity contribution in [2.45, 2.75) is 20.0 Å². The van der Waals surface area contributed by atoms with Gasteiger partial charge < -0.3 is 20.1 Å². The van der Waals surface area contributed by atoms with Gasteiger partial charge in [0.25, 0.3) is 0 Å². The quantitative estimate of drug-likeness (QED) is 0.473. The van der Waals surface area contributed by atoms with Gasteiger partial charge in [0.2, 0.25) is 0 Å². The third kappa shape index (κ3) is 5.24. The van der Waals surface area contributed by atoms with Gasteiger partial charge in [-0.25, -0.2) is 4.79 Å². The third-order valence-electron chi connectivity index (χ3n) is 3.93. The van der Waals surface area contributed by atoms with E-state index < -0.39 is 5.97 Å². The second-order valence-corrected chi connectivity index (χ2v) is 5.79. The van der Waals surface area contributed by atoms with Gasteiger partial charge in [-0.2, -0.15) is 0 Å². The molecule has 2 N–H and O–H groups in total. The van der Waals surface area contributed by atoms with Crippen LogP contribution < -0.4 is 15.4 Å². The van der Waals surface area contributed by atoms with E-state index in [-0.39, 0.29) is 0 Å². The minimum atomic E-state index is -0.425. The molecule has 2 aromatic carbocycles. The van der Waals surface area contributed by atoms with Crippen molar-refractivity contribution in [3.63, 3.8) is 0 Å². The summed E-state index contributed by atoms with van der Waals surface area (Å²) in [5, 5.41) is 6.50. The van der Waals surface area contributed by atoms with Crippen LogP contribution in [-0.4, -0.2) is 33.2 Å². The Morgan fingerprint density at radius 3 is 2.19 bits per heavy atom. The number of aliphatic imine (C=N–C) groups is 1. The largest absolute Gasteiger partial charge is 0.496 e. The number of nitrogens with one attached hydrogen (secondary N) is 2. The highest BCUT2D eigenvalue weighted by molar-refractivity contribution is 5.92. The minimum Gasteiger partial charge on any atom is -0.496 e. The van der Waals surface area contributed by atoms with Gasteiger partial charge in [-0.05, 0) is 30.2 Å². The first kappa shape index (κ1) is 19.3. The number of ether oxygens (including phenoxy) is 2. The van der Waals surface area contributed by atoms with E-state index in [2.05, 4.69) is 46.8 Å². The second kappa shape index (κ2) is 9.46. The number of methoxy groups -OCH3 is 2. The van der Waals surface area contributed by atoms with Crippen LogP contribution in [0, 0.1) is 6.92 Å². The summed E-state index contributed by atoms with van der Waals surface area (Å²) in [6.45, 7) is 3.26. The van der Waals surface area contributed by atoms with Gasteiger partial charge in [0.05, 0.1) is 14.2 Å². The predicted octanol–water partition coefficient (Wildman–Crippen LogP) is 2.66. The third-order valence-corrected chi connectivity index (χ3v) is 3.93. The van der Waals surface area contributed by atoms with Crippen molar-refractivity contribution in [2.24, 2.45) is 4.99 Å². The summed E-state index contributed by atoms with van der Waals surface area (Å²) in [5.74, 6) is 0.745. The summed E-state index contributed by atoms with van der Waals surface area (Å²) >= 11 is 0. The average Bonchev–Trinajstić information content (AvgIpc) is 2.68. The molecular formula is C20H25N3O3. The molecule has 2 aromatic rings. The van der Waals surface area contributed by atoms with Crippen LogP contribution in [0.3, 0.4) is 0 Å². The number of guanidine groups is 1. The molecule has 0 saturated heterocycles. The molecule has 0 saturated carbocycles. The zero-order chi connectivity index (χ0) is 18.9. The van der Waals surface area contributed by atoms with E-state index in [0.717, 1.165) is 5.56 Å². The Bertz CT molecular complexity index is 770. The molecule has 0 aliphatic rings. The number of esters is 1. The maximum atomic E-state index is 11.9. The van der Waals surface area contributed by atoms with Crippen molar-refractivity contribution in [1.29, 1.82) is 0 Å². The van der Waals surface area contributed by atoms with Gasteiger partial charge >= 0.3 is 5.97 Å². The van der Waals surface area contributed by atoms with Gasteiger partial charge in [0.15, 0.2) is 5.96 Å². The van der Waals surface area contributed by atoms with Gasteiger partial charge in [0, 0.05) is 20.1 Å². The van der Waals surface area contributed by atoms with Crippen LogP contribution in [0.25, 0.3) is 0 Å². The standard InChI is InChI=1S/C20H25N3O3/c1-14-5-7-15(8-6-14)12-22-20(21-2)23-13-16-9-10-18(25-3)17(11-16)19(24)26-4/h5-11H,12-13H2,1-4H3,(H2,21,22,23). The van der Waals surface area contributed by atoms with E-state index in [1.165, 1.54) is 25.3 Å². The molecule has 138 valence electrons. The van der Waals surface area contributed by atoms with Crippen molar-refractivity contribution in [3.8, 4) is 5.75 Å². The van der Waals surface area contributed by atoms with Crippen LogP contribution in [0.1, 0.15) is 27.0 Å². The minimum absolute atomic E-state index is 0.400. The smallest absolute Gasteiger partial charge is 0.341 e. The van der Waals surface area contributed by atoms with Crippen LogP contribution in [0.4, 0.5) is 0 Å². The van der Waals surface area contributed by atoms with Crippen LogP contribution in [0.2, 0.25) is 0 Å². The highest BCUT2D eigenvalue weighted by Gasteiger charge is 2.13. The Morgan fingerprint density at radius 1 is 1.00 bits per heavy atom. The van der Waals surface area contributed by atoms with E-state index in [9.17, 15) is 4.79 Å². The average molecular weight is 355 g/mol. The van der Waals surface area contributed by atoms with Crippen molar-refractivity contribution in [1.82, 2.24) is 10.6 Å². The first-order valence-corrected chi connectivity index (χ1v) is 8.32. The summed E-state index contributed by atoms with van der Waals surface area (Å²) in [6, 6.07) is 13.7. The molecular weight excluding hydrogens is 330 g/mol. The molecule has 6 nitrogen and oxygen atoms in total. The molecule has 0 aliphatic heterocycles. The Balaban J connectivity index is 1.97. The van der Waals surface area contributed by atoms with Gasteiger partial charge in [0.1, 0.15) is 11.3 Å². The fourth-order valence-corrected chi connectivity index (χ4v) is 2.43. The summed E-state index contributed by atoms with van der Waals surface area (Å²) in [6.07, 6.45) is 0. The SMILES string of the molecule is CN=C(NCc1ccc(C)cc1)NCc1ccc(OC)c(C(=O)OC)c1. The Morgan fingerprint density at radius 2 is 1.62 bits per heavy atom. The highest BCUT2D eigenvalue weighted by atomic mass is 16.5. The predicted molar refractivity (Wildman–Crippen MR) is 103 cm³/mol. The van der Waals surface area contributed by atoms with Crippen molar-refractivity contribution in [2.75, 3.05) is 21.3 Å². The molecule has 26 heavy (non-hydrogen) atoms. The van der Waals surface area contributed by atoms with Crippen LogP contribution in [0.15, 0.2) is 47.5 Å². The molecule has 0 amide bonds. The molecule has 0 spiro atoms. The topological polar surface area (TPSA) is 72.0 Å². The van der Waals surface area contributed by atoms with E-state index in [1.807, 2.05) is 6.07 Å². The fraction of sp³-hybridized carbons (Fsp3) is 0.300. The number of nitrogens with zero attached hydrogens (tertiary/aromatic N) is 1. The monoisotopic (exact) mass is 355 g/mol. The lowest BCUT2D eigenvalue weighted by atomic mass is 10.1. The first-order valence-electron chi connectivity index (χ1n) is 8.32. The molecule has 0 atom stereocenters.